The molecule has 1 saturated carbocycles. The van der Waals surface area contributed by atoms with Gasteiger partial charge in [0.05, 0.1) is 5.92 Å². The van der Waals surface area contributed by atoms with Gasteiger partial charge in [-0.3, -0.25) is 9.59 Å². The number of hydrogen-bond acceptors (Lipinski definition) is 3. The molecule has 0 radical (unpaired) electrons. The van der Waals surface area contributed by atoms with Crippen molar-refractivity contribution >= 4 is 23.2 Å². The van der Waals surface area contributed by atoms with Gasteiger partial charge < -0.3 is 10.0 Å². The number of aliphatic carboxylic acids is 1. The normalized spacial score (nSPS) is 26.6. The summed E-state index contributed by atoms with van der Waals surface area (Å²) in [4.78, 5) is 26.6. The largest absolute Gasteiger partial charge is 0.481 e. The van der Waals surface area contributed by atoms with E-state index in [1.54, 1.807) is 11.3 Å². The highest BCUT2D eigenvalue weighted by atomic mass is 32.1. The zero-order chi connectivity index (χ0) is 14.3. The van der Waals surface area contributed by atoms with Crippen LogP contribution in [0.1, 0.15) is 35.6 Å². The number of rotatable bonds is 3. The fraction of sp³-hybridized carbons (Fsp3) is 0.600. The Morgan fingerprint density at radius 2 is 2.05 bits per heavy atom. The molecule has 3 rings (SSSR count). The van der Waals surface area contributed by atoms with Crippen molar-refractivity contribution in [2.45, 2.75) is 32.1 Å². The summed E-state index contributed by atoms with van der Waals surface area (Å²) < 4.78 is 0. The maximum absolute atomic E-state index is 12.4. The molecular formula is C15H19NO3S. The van der Waals surface area contributed by atoms with Crippen LogP contribution in [0.4, 0.5) is 0 Å². The van der Waals surface area contributed by atoms with E-state index in [0.717, 1.165) is 6.42 Å². The standard InChI is InChI=1S/C15H19NO3S/c1-9-4-7-20-13(9)11-8-12(11)14(17)16-5-2-10(3-6-16)15(18)19/h4,7,10-12H,2-3,5-6,8H2,1H3,(H,18,19)/t11-,12-/m1/s1. The average Bonchev–Trinajstić information content (AvgIpc) is 3.12. The maximum Gasteiger partial charge on any atom is 0.306 e. The minimum Gasteiger partial charge on any atom is -0.481 e. The van der Waals surface area contributed by atoms with Crippen molar-refractivity contribution in [3.63, 3.8) is 0 Å². The van der Waals surface area contributed by atoms with Crippen molar-refractivity contribution in [3.8, 4) is 0 Å². The van der Waals surface area contributed by atoms with Crippen molar-refractivity contribution in [2.24, 2.45) is 11.8 Å². The molecule has 108 valence electrons. The van der Waals surface area contributed by atoms with Crippen LogP contribution in [0.15, 0.2) is 11.4 Å². The number of thiophene rings is 1. The van der Waals surface area contributed by atoms with Crippen LogP contribution in [0, 0.1) is 18.8 Å². The lowest BCUT2D eigenvalue weighted by atomic mass is 9.97. The van der Waals surface area contributed by atoms with E-state index in [1.165, 1.54) is 10.4 Å². The Hall–Kier alpha value is -1.36. The molecule has 0 bridgehead atoms. The number of carbonyl (C=O) groups is 2. The van der Waals surface area contributed by atoms with Gasteiger partial charge >= 0.3 is 5.97 Å². The van der Waals surface area contributed by atoms with Gasteiger partial charge in [0, 0.05) is 29.8 Å². The second-order valence-corrected chi connectivity index (χ2v) is 6.80. The number of carbonyl (C=O) groups excluding carboxylic acids is 1. The minimum atomic E-state index is -0.726. The van der Waals surface area contributed by atoms with E-state index in [4.69, 9.17) is 5.11 Å². The lowest BCUT2D eigenvalue weighted by molar-refractivity contribution is -0.146. The molecule has 5 heteroatoms. The van der Waals surface area contributed by atoms with Crippen LogP contribution in [0.5, 0.6) is 0 Å². The smallest absolute Gasteiger partial charge is 0.306 e. The molecule has 1 aliphatic carbocycles. The molecule has 2 aliphatic rings. The molecule has 1 aliphatic heterocycles. The second kappa shape index (κ2) is 5.20. The highest BCUT2D eigenvalue weighted by molar-refractivity contribution is 7.10. The van der Waals surface area contributed by atoms with Crippen molar-refractivity contribution in [2.75, 3.05) is 13.1 Å². The molecule has 1 amide bonds. The molecule has 0 spiro atoms. The van der Waals surface area contributed by atoms with Gasteiger partial charge in [-0.25, -0.2) is 0 Å². The predicted octanol–water partition coefficient (Wildman–Crippen LogP) is 2.48. The molecule has 1 aromatic heterocycles. The highest BCUT2D eigenvalue weighted by Gasteiger charge is 2.47. The summed E-state index contributed by atoms with van der Waals surface area (Å²) in [6.45, 7) is 3.30. The number of amides is 1. The topological polar surface area (TPSA) is 57.6 Å². The Morgan fingerprint density at radius 1 is 1.35 bits per heavy atom. The number of piperidine rings is 1. The first-order valence-corrected chi connectivity index (χ1v) is 8.01. The van der Waals surface area contributed by atoms with Crippen LogP contribution in [0.3, 0.4) is 0 Å². The molecule has 0 aromatic carbocycles. The molecule has 2 atom stereocenters. The van der Waals surface area contributed by atoms with Gasteiger partial charge in [0.2, 0.25) is 5.91 Å². The zero-order valence-corrected chi connectivity index (χ0v) is 12.4. The molecule has 1 N–H and O–H groups in total. The minimum absolute atomic E-state index is 0.133. The maximum atomic E-state index is 12.4. The Bertz CT molecular complexity index is 531. The van der Waals surface area contributed by atoms with Crippen LogP contribution in [0.25, 0.3) is 0 Å². The molecule has 1 aromatic rings. The van der Waals surface area contributed by atoms with Crippen LogP contribution >= 0.6 is 11.3 Å². The van der Waals surface area contributed by atoms with E-state index in [-0.39, 0.29) is 17.7 Å². The molecule has 1 saturated heterocycles. The Kier molecular flexibility index (Phi) is 3.54. The summed E-state index contributed by atoms with van der Waals surface area (Å²) in [7, 11) is 0. The predicted molar refractivity (Wildman–Crippen MR) is 76.8 cm³/mol. The molecule has 20 heavy (non-hydrogen) atoms. The average molecular weight is 293 g/mol. The van der Waals surface area contributed by atoms with Gasteiger partial charge in [0.25, 0.3) is 0 Å². The van der Waals surface area contributed by atoms with Gasteiger partial charge in [0.1, 0.15) is 0 Å². The molecule has 0 unspecified atom stereocenters. The van der Waals surface area contributed by atoms with E-state index < -0.39 is 5.97 Å². The molecule has 2 fully saturated rings. The highest BCUT2D eigenvalue weighted by Crippen LogP contribution is 2.51. The van der Waals surface area contributed by atoms with Gasteiger partial charge in [-0.1, -0.05) is 0 Å². The van der Waals surface area contributed by atoms with E-state index in [2.05, 4.69) is 18.4 Å². The van der Waals surface area contributed by atoms with Crippen LogP contribution in [0.2, 0.25) is 0 Å². The summed E-state index contributed by atoms with van der Waals surface area (Å²) >= 11 is 1.74. The third-order valence-electron chi connectivity index (χ3n) is 4.50. The summed E-state index contributed by atoms with van der Waals surface area (Å²) in [6.07, 6.45) is 2.14. The van der Waals surface area contributed by atoms with Crippen molar-refractivity contribution in [3.05, 3.63) is 21.9 Å². The molecular weight excluding hydrogens is 274 g/mol. The summed E-state index contributed by atoms with van der Waals surface area (Å²) in [6, 6.07) is 2.11. The van der Waals surface area contributed by atoms with Gasteiger partial charge in [0.15, 0.2) is 0 Å². The third-order valence-corrected chi connectivity index (χ3v) is 5.65. The summed E-state index contributed by atoms with van der Waals surface area (Å²) in [5, 5.41) is 11.1. The lowest BCUT2D eigenvalue weighted by Gasteiger charge is -2.30. The van der Waals surface area contributed by atoms with Crippen molar-refractivity contribution < 1.29 is 14.7 Å². The number of carboxylic acids is 1. The number of nitrogens with zero attached hydrogens (tertiary/aromatic N) is 1. The first-order chi connectivity index (χ1) is 9.58. The van der Waals surface area contributed by atoms with Gasteiger partial charge in [-0.15, -0.1) is 11.3 Å². The monoisotopic (exact) mass is 293 g/mol. The number of likely N-dealkylation sites (tertiary alicyclic amines) is 1. The Balaban J connectivity index is 1.57. The zero-order valence-electron chi connectivity index (χ0n) is 11.5. The summed E-state index contributed by atoms with van der Waals surface area (Å²) in [5.41, 5.74) is 1.29. The van der Waals surface area contributed by atoms with Crippen LogP contribution < -0.4 is 0 Å². The fourth-order valence-corrected chi connectivity index (χ4v) is 4.21. The van der Waals surface area contributed by atoms with E-state index in [0.29, 0.717) is 31.8 Å². The first-order valence-electron chi connectivity index (χ1n) is 7.13. The van der Waals surface area contributed by atoms with Crippen LogP contribution in [-0.4, -0.2) is 35.0 Å². The third kappa shape index (κ3) is 2.46. The van der Waals surface area contributed by atoms with E-state index in [9.17, 15) is 9.59 Å². The Labute approximate surface area is 122 Å². The molecule has 4 nitrogen and oxygen atoms in total. The first kappa shape index (κ1) is 13.6. The molecule has 2 heterocycles. The Morgan fingerprint density at radius 3 is 2.60 bits per heavy atom. The van der Waals surface area contributed by atoms with Crippen LogP contribution in [-0.2, 0) is 9.59 Å². The lowest BCUT2D eigenvalue weighted by Crippen LogP contribution is -2.41. The second-order valence-electron chi connectivity index (χ2n) is 5.85. The SMILES string of the molecule is Cc1ccsc1[C@@H]1C[C@H]1C(=O)N1CCC(C(=O)O)CC1. The van der Waals surface area contributed by atoms with Gasteiger partial charge in [-0.05, 0) is 43.2 Å². The van der Waals surface area contributed by atoms with Crippen molar-refractivity contribution in [1.82, 2.24) is 4.90 Å². The van der Waals surface area contributed by atoms with E-state index >= 15 is 0 Å². The van der Waals surface area contributed by atoms with E-state index in [1.807, 2.05) is 4.90 Å². The summed E-state index contributed by atoms with van der Waals surface area (Å²) in [5.74, 6) is -0.232. The van der Waals surface area contributed by atoms with Gasteiger partial charge in [-0.2, -0.15) is 0 Å². The number of hydrogen-bond donors (Lipinski definition) is 1. The van der Waals surface area contributed by atoms with Crippen molar-refractivity contribution in [1.29, 1.82) is 0 Å². The quantitative estimate of drug-likeness (QED) is 0.931. The fourth-order valence-electron chi connectivity index (χ4n) is 3.10. The number of aryl methyl sites for hydroxylation is 1. The number of carboxylic acid groups (broad SMARTS) is 1.